The van der Waals surface area contributed by atoms with Gasteiger partial charge in [0.2, 0.25) is 0 Å². The van der Waals surface area contributed by atoms with Gasteiger partial charge in [0, 0.05) is 12.8 Å². The van der Waals surface area contributed by atoms with E-state index < -0.39 is 26.7 Å². The molecule has 2 aromatic rings. The fourth-order valence-corrected chi connectivity index (χ4v) is 10.0. The molecule has 0 amide bonds. The number of hydrogen-bond acceptors (Lipinski definition) is 7. The van der Waals surface area contributed by atoms with Crippen LogP contribution in [0.3, 0.4) is 0 Å². The Kier molecular flexibility index (Phi) is 10.5. The van der Waals surface area contributed by atoms with Gasteiger partial charge < -0.3 is 23.4 Å². The van der Waals surface area contributed by atoms with E-state index in [9.17, 15) is 9.59 Å². The second-order valence-corrected chi connectivity index (χ2v) is 15.9. The summed E-state index contributed by atoms with van der Waals surface area (Å²) < 4.78 is 30.0. The van der Waals surface area contributed by atoms with Crippen LogP contribution in [0.5, 0.6) is 0 Å². The molecule has 1 aliphatic rings. The molecular formula is C31H44O7Si. The van der Waals surface area contributed by atoms with Crippen LogP contribution in [0.1, 0.15) is 48.5 Å². The van der Waals surface area contributed by atoms with Crippen molar-refractivity contribution in [1.29, 1.82) is 0 Å². The van der Waals surface area contributed by atoms with Crippen molar-refractivity contribution in [1.82, 2.24) is 0 Å². The summed E-state index contributed by atoms with van der Waals surface area (Å²) >= 11 is 0. The van der Waals surface area contributed by atoms with Gasteiger partial charge in [0.25, 0.3) is 8.32 Å². The van der Waals surface area contributed by atoms with Crippen molar-refractivity contribution >= 4 is 30.6 Å². The van der Waals surface area contributed by atoms with Crippen LogP contribution in [0.4, 0.5) is 0 Å². The first-order chi connectivity index (χ1) is 18.4. The van der Waals surface area contributed by atoms with E-state index in [-0.39, 0.29) is 48.1 Å². The van der Waals surface area contributed by atoms with Gasteiger partial charge in [-0.15, -0.1) is 0 Å². The number of hydrogen-bond donors (Lipinski definition) is 0. The van der Waals surface area contributed by atoms with Crippen LogP contribution < -0.4 is 10.4 Å². The van der Waals surface area contributed by atoms with Gasteiger partial charge in [-0.3, -0.25) is 4.79 Å². The maximum absolute atomic E-state index is 13.0. The lowest BCUT2D eigenvalue weighted by Gasteiger charge is -2.45. The predicted octanol–water partition coefficient (Wildman–Crippen LogP) is 4.32. The van der Waals surface area contributed by atoms with Gasteiger partial charge in [0.1, 0.15) is 6.61 Å². The maximum Gasteiger partial charge on any atom is 0.337 e. The fourth-order valence-electron chi connectivity index (χ4n) is 5.45. The third-order valence-corrected chi connectivity index (χ3v) is 13.1. The lowest BCUT2D eigenvalue weighted by molar-refractivity contribution is -0.272. The van der Waals surface area contributed by atoms with Crippen LogP contribution in [-0.2, 0) is 33.0 Å². The summed E-state index contributed by atoms with van der Waals surface area (Å²) in [4.78, 5) is 24.5. The second-order valence-electron chi connectivity index (χ2n) is 11.5. The molecule has 1 heterocycles. The van der Waals surface area contributed by atoms with E-state index in [0.29, 0.717) is 0 Å². The number of ether oxygens (including phenoxy) is 4. The summed E-state index contributed by atoms with van der Waals surface area (Å²) in [5.74, 6) is -0.537. The number of methoxy groups -OCH3 is 1. The summed E-state index contributed by atoms with van der Waals surface area (Å²) in [6, 6.07) is 20.5. The monoisotopic (exact) mass is 556 g/mol. The van der Waals surface area contributed by atoms with E-state index in [0.717, 1.165) is 10.4 Å². The average Bonchev–Trinajstić information content (AvgIpc) is 2.92. The molecule has 7 nitrogen and oxygen atoms in total. The predicted molar refractivity (Wildman–Crippen MR) is 153 cm³/mol. The second kappa shape index (κ2) is 13.2. The Morgan fingerprint density at radius 2 is 1.44 bits per heavy atom. The summed E-state index contributed by atoms with van der Waals surface area (Å²) in [5.41, 5.74) is 0. The third-order valence-electron chi connectivity index (χ3n) is 8.06. The highest BCUT2D eigenvalue weighted by Gasteiger charge is 2.51. The molecule has 2 aromatic carbocycles. The van der Waals surface area contributed by atoms with Crippen LogP contribution in [0.15, 0.2) is 60.7 Å². The standard InChI is InChI=1S/C31H44O7Si/c1-21-22(2)27(19-35-24(4)32)37-30(23(21)3)38-28(29(33)34-8)20-36-39(31(5,6)7,25-15-11-9-12-16-25)26-17-13-10-14-18-26/h9-18,21-23,27-28,30H,19-20H2,1-8H3/t21-,22+,23?,27?,28+,30?/m0/s1. The van der Waals surface area contributed by atoms with E-state index in [1.165, 1.54) is 14.0 Å². The van der Waals surface area contributed by atoms with Crippen molar-refractivity contribution < 1.29 is 33.0 Å². The minimum atomic E-state index is -2.90. The number of rotatable bonds is 10. The minimum absolute atomic E-state index is 0.00504. The maximum atomic E-state index is 13.0. The van der Waals surface area contributed by atoms with Crippen LogP contribution >= 0.6 is 0 Å². The van der Waals surface area contributed by atoms with Crippen molar-refractivity contribution in [2.24, 2.45) is 17.8 Å². The molecule has 8 heteroatoms. The minimum Gasteiger partial charge on any atom is -0.467 e. The lowest BCUT2D eigenvalue weighted by atomic mass is 9.79. The van der Waals surface area contributed by atoms with Gasteiger partial charge in [-0.25, -0.2) is 4.79 Å². The quantitative estimate of drug-likeness (QED) is 0.319. The molecule has 3 rings (SSSR count). The Morgan fingerprint density at radius 1 is 0.897 bits per heavy atom. The molecular weight excluding hydrogens is 512 g/mol. The summed E-state index contributed by atoms with van der Waals surface area (Å²) in [7, 11) is -1.55. The van der Waals surface area contributed by atoms with Crippen molar-refractivity contribution in [2.45, 2.75) is 72.0 Å². The van der Waals surface area contributed by atoms with Gasteiger partial charge in [0.15, 0.2) is 12.4 Å². The van der Waals surface area contributed by atoms with Gasteiger partial charge in [0.05, 0.1) is 19.8 Å². The van der Waals surface area contributed by atoms with Crippen LogP contribution in [0, 0.1) is 17.8 Å². The van der Waals surface area contributed by atoms with Crippen molar-refractivity contribution in [3.05, 3.63) is 60.7 Å². The molecule has 3 unspecified atom stereocenters. The van der Waals surface area contributed by atoms with Crippen LogP contribution in [0.2, 0.25) is 5.04 Å². The zero-order chi connectivity index (χ0) is 28.8. The molecule has 39 heavy (non-hydrogen) atoms. The van der Waals surface area contributed by atoms with Gasteiger partial charge in [-0.2, -0.15) is 0 Å². The Bertz CT molecular complexity index is 1030. The Morgan fingerprint density at radius 3 is 1.90 bits per heavy atom. The molecule has 1 saturated heterocycles. The lowest BCUT2D eigenvalue weighted by Crippen LogP contribution is -2.67. The number of carbonyl (C=O) groups is 2. The molecule has 214 valence electrons. The number of carbonyl (C=O) groups excluding carboxylic acids is 2. The van der Waals surface area contributed by atoms with Gasteiger partial charge in [-0.1, -0.05) is 102 Å². The average molecular weight is 557 g/mol. The molecule has 0 bridgehead atoms. The molecule has 0 aromatic heterocycles. The first kappa shape index (κ1) is 31.0. The summed E-state index contributed by atoms with van der Waals surface area (Å²) in [6.07, 6.45) is -2.04. The normalized spacial score (nSPS) is 24.6. The first-order valence-corrected chi connectivity index (χ1v) is 15.6. The van der Waals surface area contributed by atoms with Crippen LogP contribution in [-0.4, -0.2) is 59.1 Å². The smallest absolute Gasteiger partial charge is 0.337 e. The highest BCUT2D eigenvalue weighted by atomic mass is 28.4. The van der Waals surface area contributed by atoms with E-state index in [1.54, 1.807) is 0 Å². The molecule has 1 fully saturated rings. The topological polar surface area (TPSA) is 80.3 Å². The van der Waals surface area contributed by atoms with Crippen molar-refractivity contribution in [3.63, 3.8) is 0 Å². The van der Waals surface area contributed by atoms with Crippen LogP contribution in [0.25, 0.3) is 0 Å². The third kappa shape index (κ3) is 6.98. The molecule has 0 spiro atoms. The zero-order valence-electron chi connectivity index (χ0n) is 24.5. The van der Waals surface area contributed by atoms with E-state index in [1.807, 2.05) is 43.3 Å². The molecule has 0 saturated carbocycles. The van der Waals surface area contributed by atoms with Gasteiger partial charge in [-0.05, 0) is 27.2 Å². The van der Waals surface area contributed by atoms with Gasteiger partial charge >= 0.3 is 11.9 Å². The highest BCUT2D eigenvalue weighted by molar-refractivity contribution is 6.99. The SMILES string of the molecule is COC(=O)[C@@H](CO[Si](c1ccccc1)(c1ccccc1)C(C)(C)C)OC1OC(COC(C)=O)[C@H](C)[C@H](C)C1C. The first-order valence-electron chi connectivity index (χ1n) is 13.7. The molecule has 0 radical (unpaired) electrons. The van der Waals surface area contributed by atoms with Crippen molar-refractivity contribution in [3.8, 4) is 0 Å². The van der Waals surface area contributed by atoms with E-state index >= 15 is 0 Å². The fraction of sp³-hybridized carbons (Fsp3) is 0.548. The zero-order valence-corrected chi connectivity index (χ0v) is 25.5. The number of esters is 2. The molecule has 1 aliphatic heterocycles. The molecule has 0 N–H and O–H groups in total. The summed E-state index contributed by atoms with van der Waals surface area (Å²) in [5, 5.41) is 1.96. The largest absolute Gasteiger partial charge is 0.467 e. The molecule has 6 atom stereocenters. The Labute approximate surface area is 234 Å². The van der Waals surface area contributed by atoms with E-state index in [2.05, 4.69) is 58.9 Å². The molecule has 0 aliphatic carbocycles. The summed E-state index contributed by atoms with van der Waals surface area (Å²) in [6.45, 7) is 14.3. The Balaban J connectivity index is 1.93. The van der Waals surface area contributed by atoms with Crippen molar-refractivity contribution in [2.75, 3.05) is 20.3 Å². The number of benzene rings is 2. The van der Waals surface area contributed by atoms with E-state index in [4.69, 9.17) is 23.4 Å². The highest BCUT2D eigenvalue weighted by Crippen LogP contribution is 2.38. The Hall–Kier alpha value is -2.52.